The Morgan fingerprint density at radius 2 is 1.63 bits per heavy atom. The molecule has 19 heavy (non-hydrogen) atoms. The van der Waals surface area contributed by atoms with Crippen molar-refractivity contribution in [3.8, 4) is 11.5 Å². The van der Waals surface area contributed by atoms with Gasteiger partial charge in [-0.2, -0.15) is 0 Å². The predicted molar refractivity (Wildman–Crippen MR) is 77.7 cm³/mol. The second kappa shape index (κ2) is 6.70. The topological polar surface area (TPSA) is 49.7 Å². The number of hydrogen-bond acceptors (Lipinski definition) is 3. The number of aliphatic hydroxyl groups is 2. The van der Waals surface area contributed by atoms with E-state index >= 15 is 0 Å². The van der Waals surface area contributed by atoms with Gasteiger partial charge in [-0.25, -0.2) is 0 Å². The van der Waals surface area contributed by atoms with Crippen molar-refractivity contribution in [2.75, 3.05) is 5.33 Å². The molecule has 2 unspecified atom stereocenters. The Labute approximate surface area is 120 Å². The minimum atomic E-state index is -0.932. The van der Waals surface area contributed by atoms with Crippen molar-refractivity contribution in [2.24, 2.45) is 0 Å². The fraction of sp³-hybridized carbons (Fsp3) is 0.200. The summed E-state index contributed by atoms with van der Waals surface area (Å²) in [6.07, 6.45) is -1.77. The van der Waals surface area contributed by atoms with Crippen molar-refractivity contribution in [1.82, 2.24) is 0 Å². The van der Waals surface area contributed by atoms with Crippen LogP contribution in [0.1, 0.15) is 11.7 Å². The number of aliphatic hydroxyl groups excluding tert-OH is 2. The first-order valence-electron chi connectivity index (χ1n) is 5.95. The molecule has 0 aromatic heterocycles. The highest BCUT2D eigenvalue weighted by atomic mass is 79.9. The molecule has 0 fully saturated rings. The van der Waals surface area contributed by atoms with E-state index < -0.39 is 12.2 Å². The first-order chi connectivity index (χ1) is 9.20. The SMILES string of the molecule is OC(CBr)C(O)c1cccc(Oc2ccccc2)c1. The van der Waals surface area contributed by atoms with Gasteiger partial charge >= 0.3 is 0 Å². The van der Waals surface area contributed by atoms with Crippen molar-refractivity contribution in [3.05, 3.63) is 60.2 Å². The largest absolute Gasteiger partial charge is 0.457 e. The van der Waals surface area contributed by atoms with Crippen LogP contribution in [0, 0.1) is 0 Å². The molecule has 0 aliphatic carbocycles. The highest BCUT2D eigenvalue weighted by Crippen LogP contribution is 2.26. The maximum absolute atomic E-state index is 9.94. The molecule has 0 radical (unpaired) electrons. The van der Waals surface area contributed by atoms with Crippen molar-refractivity contribution < 1.29 is 14.9 Å². The number of para-hydroxylation sites is 1. The zero-order valence-electron chi connectivity index (χ0n) is 10.2. The molecule has 2 rings (SSSR count). The summed E-state index contributed by atoms with van der Waals surface area (Å²) in [6.45, 7) is 0. The Kier molecular flexibility index (Phi) is 4.96. The molecule has 0 saturated heterocycles. The van der Waals surface area contributed by atoms with Gasteiger partial charge in [0.2, 0.25) is 0 Å². The van der Waals surface area contributed by atoms with E-state index in [1.807, 2.05) is 36.4 Å². The number of benzene rings is 2. The quantitative estimate of drug-likeness (QED) is 0.831. The van der Waals surface area contributed by atoms with E-state index in [2.05, 4.69) is 15.9 Å². The van der Waals surface area contributed by atoms with Gasteiger partial charge in [0, 0.05) is 5.33 Å². The summed E-state index contributed by atoms with van der Waals surface area (Å²) < 4.78 is 5.68. The Hall–Kier alpha value is -1.36. The molecular weight excluding hydrogens is 308 g/mol. The molecule has 0 heterocycles. The van der Waals surface area contributed by atoms with Crippen LogP contribution in [-0.4, -0.2) is 21.6 Å². The molecule has 100 valence electrons. The van der Waals surface area contributed by atoms with Gasteiger partial charge < -0.3 is 14.9 Å². The lowest BCUT2D eigenvalue weighted by Gasteiger charge is -2.16. The monoisotopic (exact) mass is 322 g/mol. The standard InChI is InChI=1S/C15H15BrO3/c16-10-14(17)15(18)11-5-4-8-13(9-11)19-12-6-2-1-3-7-12/h1-9,14-15,17-18H,10H2. The van der Waals surface area contributed by atoms with E-state index in [4.69, 9.17) is 4.74 Å². The summed E-state index contributed by atoms with van der Waals surface area (Å²) in [5, 5.41) is 19.9. The second-order valence-electron chi connectivity index (χ2n) is 4.15. The number of ether oxygens (including phenoxy) is 1. The molecule has 0 aliphatic rings. The predicted octanol–water partition coefficient (Wildman–Crippen LogP) is 3.27. The lowest BCUT2D eigenvalue weighted by Crippen LogP contribution is -2.19. The van der Waals surface area contributed by atoms with Crippen LogP contribution in [0.25, 0.3) is 0 Å². The summed E-state index contributed by atoms with van der Waals surface area (Å²) in [7, 11) is 0. The van der Waals surface area contributed by atoms with Crippen LogP contribution in [0.5, 0.6) is 11.5 Å². The van der Waals surface area contributed by atoms with E-state index in [1.165, 1.54) is 0 Å². The number of halogens is 1. The number of hydrogen-bond donors (Lipinski definition) is 2. The second-order valence-corrected chi connectivity index (χ2v) is 4.80. The van der Waals surface area contributed by atoms with E-state index in [1.54, 1.807) is 18.2 Å². The van der Waals surface area contributed by atoms with Crippen LogP contribution < -0.4 is 4.74 Å². The third-order valence-electron chi connectivity index (χ3n) is 2.70. The average Bonchev–Trinajstić information content (AvgIpc) is 2.47. The van der Waals surface area contributed by atoms with Gasteiger partial charge in [0.25, 0.3) is 0 Å². The number of rotatable bonds is 5. The molecule has 4 heteroatoms. The lowest BCUT2D eigenvalue weighted by atomic mass is 10.1. The van der Waals surface area contributed by atoms with E-state index in [0.29, 0.717) is 16.6 Å². The Bertz CT molecular complexity index is 516. The molecule has 0 saturated carbocycles. The maximum Gasteiger partial charge on any atom is 0.127 e. The smallest absolute Gasteiger partial charge is 0.127 e. The first kappa shape index (κ1) is 14.1. The summed E-state index contributed by atoms with van der Waals surface area (Å²) in [5.74, 6) is 1.36. The van der Waals surface area contributed by atoms with Gasteiger partial charge in [0.1, 0.15) is 17.6 Å². The van der Waals surface area contributed by atoms with Crippen molar-refractivity contribution >= 4 is 15.9 Å². The highest BCUT2D eigenvalue weighted by molar-refractivity contribution is 9.09. The summed E-state index contributed by atoms with van der Waals surface area (Å²) in [5.41, 5.74) is 0.625. The molecule has 2 aromatic rings. The Morgan fingerprint density at radius 1 is 0.947 bits per heavy atom. The molecule has 0 aliphatic heterocycles. The van der Waals surface area contributed by atoms with E-state index in [-0.39, 0.29) is 0 Å². The minimum Gasteiger partial charge on any atom is -0.457 e. The fourth-order valence-corrected chi connectivity index (χ4v) is 2.05. The first-order valence-corrected chi connectivity index (χ1v) is 7.08. The molecule has 0 amide bonds. The van der Waals surface area contributed by atoms with Gasteiger partial charge in [0.05, 0.1) is 6.10 Å². The molecule has 2 atom stereocenters. The average molecular weight is 323 g/mol. The third kappa shape index (κ3) is 3.80. The van der Waals surface area contributed by atoms with Crippen molar-refractivity contribution in [2.45, 2.75) is 12.2 Å². The fourth-order valence-electron chi connectivity index (χ4n) is 1.69. The van der Waals surface area contributed by atoms with Crippen LogP contribution >= 0.6 is 15.9 Å². The Balaban J connectivity index is 2.15. The van der Waals surface area contributed by atoms with Gasteiger partial charge in [0.15, 0.2) is 0 Å². The van der Waals surface area contributed by atoms with Crippen LogP contribution in [0.15, 0.2) is 54.6 Å². The maximum atomic E-state index is 9.94. The van der Waals surface area contributed by atoms with Crippen molar-refractivity contribution in [3.63, 3.8) is 0 Å². The summed E-state index contributed by atoms with van der Waals surface area (Å²) in [6, 6.07) is 16.5. The molecule has 2 aromatic carbocycles. The van der Waals surface area contributed by atoms with Crippen LogP contribution in [0.2, 0.25) is 0 Å². The van der Waals surface area contributed by atoms with Gasteiger partial charge in [-0.1, -0.05) is 46.3 Å². The summed E-state index contributed by atoms with van der Waals surface area (Å²) in [4.78, 5) is 0. The molecule has 3 nitrogen and oxygen atoms in total. The minimum absolute atomic E-state index is 0.317. The Morgan fingerprint density at radius 3 is 2.32 bits per heavy atom. The highest BCUT2D eigenvalue weighted by Gasteiger charge is 2.17. The van der Waals surface area contributed by atoms with Crippen LogP contribution in [0.3, 0.4) is 0 Å². The van der Waals surface area contributed by atoms with E-state index in [9.17, 15) is 10.2 Å². The third-order valence-corrected chi connectivity index (χ3v) is 3.36. The normalized spacial score (nSPS) is 13.8. The molecule has 2 N–H and O–H groups in total. The summed E-state index contributed by atoms with van der Waals surface area (Å²) >= 11 is 3.14. The van der Waals surface area contributed by atoms with Gasteiger partial charge in [-0.05, 0) is 29.8 Å². The number of alkyl halides is 1. The van der Waals surface area contributed by atoms with E-state index in [0.717, 1.165) is 5.75 Å². The van der Waals surface area contributed by atoms with Crippen LogP contribution in [-0.2, 0) is 0 Å². The lowest BCUT2D eigenvalue weighted by molar-refractivity contribution is 0.0342. The molecular formula is C15H15BrO3. The van der Waals surface area contributed by atoms with Crippen LogP contribution in [0.4, 0.5) is 0 Å². The molecule has 0 spiro atoms. The zero-order chi connectivity index (χ0) is 13.7. The molecule has 0 bridgehead atoms. The van der Waals surface area contributed by atoms with Gasteiger partial charge in [-0.15, -0.1) is 0 Å². The zero-order valence-corrected chi connectivity index (χ0v) is 11.8. The van der Waals surface area contributed by atoms with Gasteiger partial charge in [-0.3, -0.25) is 0 Å². The van der Waals surface area contributed by atoms with Crippen molar-refractivity contribution in [1.29, 1.82) is 0 Å².